The Hall–Kier alpha value is -2.12. The molecular weight excluding hydrogens is 253 g/mol. The molecule has 1 aromatic rings. The maximum absolute atomic E-state index is 11.9. The Morgan fingerprint density at radius 3 is 2.50 bits per heavy atom. The number of halogens is 3. The molecule has 0 aliphatic heterocycles. The second kappa shape index (κ2) is 5.03. The van der Waals surface area contributed by atoms with Crippen molar-refractivity contribution in [2.75, 3.05) is 6.54 Å². The molecule has 1 aromatic carbocycles. The van der Waals surface area contributed by atoms with Crippen LogP contribution >= 0.6 is 0 Å². The number of nitro benzene ring substituents is 1. The average molecular weight is 262 g/mol. The monoisotopic (exact) mass is 262 g/mol. The zero-order chi connectivity index (χ0) is 13.9. The lowest BCUT2D eigenvalue weighted by Gasteiger charge is -2.08. The fourth-order valence-corrected chi connectivity index (χ4v) is 1.28. The van der Waals surface area contributed by atoms with E-state index < -0.39 is 23.6 Å². The fourth-order valence-electron chi connectivity index (χ4n) is 1.28. The van der Waals surface area contributed by atoms with Crippen molar-refractivity contribution in [2.24, 2.45) is 0 Å². The largest absolute Gasteiger partial charge is 0.405 e. The Morgan fingerprint density at radius 1 is 1.44 bits per heavy atom. The highest BCUT2D eigenvalue weighted by atomic mass is 19.4. The number of nitrogens with zero attached hydrogens (tertiary/aromatic N) is 1. The molecule has 0 radical (unpaired) electrons. The average Bonchev–Trinajstić information content (AvgIpc) is 2.24. The lowest BCUT2D eigenvalue weighted by Crippen LogP contribution is -2.33. The molecule has 0 saturated carbocycles. The number of benzene rings is 1. The van der Waals surface area contributed by atoms with Crippen molar-refractivity contribution in [1.29, 1.82) is 0 Å². The Kier molecular flexibility index (Phi) is 3.89. The summed E-state index contributed by atoms with van der Waals surface area (Å²) in [5.74, 6) is -0.926. The molecular formula is C10H9F3N2O3. The van der Waals surface area contributed by atoms with Gasteiger partial charge in [-0.05, 0) is 19.1 Å². The lowest BCUT2D eigenvalue weighted by molar-refractivity contribution is -0.385. The van der Waals surface area contributed by atoms with E-state index in [1.54, 1.807) is 5.32 Å². The van der Waals surface area contributed by atoms with Crippen molar-refractivity contribution in [3.05, 3.63) is 39.4 Å². The fraction of sp³-hybridized carbons (Fsp3) is 0.300. The summed E-state index contributed by atoms with van der Waals surface area (Å²) in [7, 11) is 0. The molecule has 1 rings (SSSR count). The molecule has 1 amide bonds. The van der Waals surface area contributed by atoms with Gasteiger partial charge >= 0.3 is 6.18 Å². The van der Waals surface area contributed by atoms with E-state index in [0.29, 0.717) is 0 Å². The zero-order valence-corrected chi connectivity index (χ0v) is 9.25. The third-order valence-corrected chi connectivity index (χ3v) is 2.11. The van der Waals surface area contributed by atoms with Gasteiger partial charge in [0.2, 0.25) is 0 Å². The van der Waals surface area contributed by atoms with Gasteiger partial charge in [-0.15, -0.1) is 0 Å². The minimum atomic E-state index is -4.49. The molecule has 98 valence electrons. The minimum Gasteiger partial charge on any atom is -0.343 e. The summed E-state index contributed by atoms with van der Waals surface area (Å²) < 4.78 is 35.6. The standard InChI is InChI=1S/C10H9F3N2O3/c1-6-4-7(2-3-8(6)15(17)18)9(16)14-5-10(11,12)13/h2-4H,5H2,1H3,(H,14,16). The van der Waals surface area contributed by atoms with E-state index in [2.05, 4.69) is 0 Å². The molecule has 0 aliphatic rings. The van der Waals surface area contributed by atoms with Gasteiger partial charge in [0.05, 0.1) is 4.92 Å². The second-order valence-corrected chi connectivity index (χ2v) is 3.56. The van der Waals surface area contributed by atoms with Gasteiger partial charge in [0.25, 0.3) is 11.6 Å². The van der Waals surface area contributed by atoms with Crippen molar-refractivity contribution < 1.29 is 22.9 Å². The Bertz CT molecular complexity index is 486. The lowest BCUT2D eigenvalue weighted by atomic mass is 10.1. The van der Waals surface area contributed by atoms with E-state index in [1.165, 1.54) is 13.0 Å². The van der Waals surface area contributed by atoms with Gasteiger partial charge in [0, 0.05) is 17.2 Å². The molecule has 0 atom stereocenters. The maximum atomic E-state index is 11.9. The quantitative estimate of drug-likeness (QED) is 0.670. The summed E-state index contributed by atoms with van der Waals surface area (Å²) in [6.45, 7) is -0.0411. The smallest absolute Gasteiger partial charge is 0.343 e. The topological polar surface area (TPSA) is 72.2 Å². The maximum Gasteiger partial charge on any atom is 0.405 e. The number of carbonyl (C=O) groups is 1. The van der Waals surface area contributed by atoms with Gasteiger partial charge in [-0.2, -0.15) is 13.2 Å². The third kappa shape index (κ3) is 3.72. The van der Waals surface area contributed by atoms with Crippen LogP contribution in [0.4, 0.5) is 18.9 Å². The zero-order valence-electron chi connectivity index (χ0n) is 9.25. The molecule has 0 fully saturated rings. The van der Waals surface area contributed by atoms with Crippen LogP contribution in [0.3, 0.4) is 0 Å². The molecule has 0 unspecified atom stereocenters. The molecule has 1 N–H and O–H groups in total. The van der Waals surface area contributed by atoms with Crippen molar-refractivity contribution in [3.8, 4) is 0 Å². The Morgan fingerprint density at radius 2 is 2.06 bits per heavy atom. The van der Waals surface area contributed by atoms with Gasteiger partial charge in [-0.1, -0.05) is 0 Å². The van der Waals surface area contributed by atoms with Crippen LogP contribution in [0.15, 0.2) is 18.2 Å². The SMILES string of the molecule is Cc1cc(C(=O)NCC(F)(F)F)ccc1[N+](=O)[O-]. The number of alkyl halides is 3. The first-order valence-electron chi connectivity index (χ1n) is 4.80. The number of carbonyl (C=O) groups excluding carboxylic acids is 1. The van der Waals surface area contributed by atoms with Gasteiger partial charge in [0.15, 0.2) is 0 Å². The number of aryl methyl sites for hydroxylation is 1. The van der Waals surface area contributed by atoms with Gasteiger partial charge in [-0.3, -0.25) is 14.9 Å². The molecule has 0 aromatic heterocycles. The first kappa shape index (κ1) is 13.9. The number of hydrogen-bond acceptors (Lipinski definition) is 3. The third-order valence-electron chi connectivity index (χ3n) is 2.11. The first-order valence-corrected chi connectivity index (χ1v) is 4.80. The van der Waals surface area contributed by atoms with Crippen LogP contribution in [-0.4, -0.2) is 23.6 Å². The van der Waals surface area contributed by atoms with E-state index in [1.807, 2.05) is 0 Å². The Balaban J connectivity index is 2.82. The van der Waals surface area contributed by atoms with E-state index in [4.69, 9.17) is 0 Å². The normalized spacial score (nSPS) is 11.1. The Labute approximate surface area is 99.8 Å². The molecule has 0 heterocycles. The highest BCUT2D eigenvalue weighted by Gasteiger charge is 2.28. The highest BCUT2D eigenvalue weighted by Crippen LogP contribution is 2.19. The molecule has 0 spiro atoms. The number of amides is 1. The predicted octanol–water partition coefficient (Wildman–Crippen LogP) is 2.20. The van der Waals surface area contributed by atoms with Gasteiger partial charge in [0.1, 0.15) is 6.54 Å². The van der Waals surface area contributed by atoms with E-state index in [-0.39, 0.29) is 16.8 Å². The highest BCUT2D eigenvalue weighted by molar-refractivity contribution is 5.94. The van der Waals surface area contributed by atoms with E-state index in [0.717, 1.165) is 12.1 Å². The summed E-state index contributed by atoms with van der Waals surface area (Å²) in [6, 6.07) is 3.36. The van der Waals surface area contributed by atoms with Crippen LogP contribution in [-0.2, 0) is 0 Å². The second-order valence-electron chi connectivity index (χ2n) is 3.56. The molecule has 8 heteroatoms. The van der Waals surface area contributed by atoms with Crippen LogP contribution < -0.4 is 5.32 Å². The van der Waals surface area contributed by atoms with Crippen molar-refractivity contribution in [1.82, 2.24) is 5.32 Å². The summed E-state index contributed by atoms with van der Waals surface area (Å²) in [4.78, 5) is 21.2. The molecule has 0 bridgehead atoms. The van der Waals surface area contributed by atoms with Crippen LogP contribution in [0, 0.1) is 17.0 Å². The van der Waals surface area contributed by atoms with Crippen LogP contribution in [0.2, 0.25) is 0 Å². The van der Waals surface area contributed by atoms with Crippen LogP contribution in [0.5, 0.6) is 0 Å². The summed E-state index contributed by atoms with van der Waals surface area (Å²) in [5.41, 5.74) is -0.0376. The van der Waals surface area contributed by atoms with Gasteiger partial charge < -0.3 is 5.32 Å². The molecule has 18 heavy (non-hydrogen) atoms. The van der Waals surface area contributed by atoms with Gasteiger partial charge in [-0.25, -0.2) is 0 Å². The minimum absolute atomic E-state index is 0.0534. The molecule has 5 nitrogen and oxygen atoms in total. The molecule has 0 saturated heterocycles. The first-order chi connectivity index (χ1) is 8.20. The van der Waals surface area contributed by atoms with Crippen molar-refractivity contribution >= 4 is 11.6 Å². The number of rotatable bonds is 3. The van der Waals surface area contributed by atoms with E-state index in [9.17, 15) is 28.1 Å². The van der Waals surface area contributed by atoms with Crippen molar-refractivity contribution in [3.63, 3.8) is 0 Å². The van der Waals surface area contributed by atoms with Crippen LogP contribution in [0.1, 0.15) is 15.9 Å². The summed E-state index contributed by atoms with van der Waals surface area (Å²) in [5, 5.41) is 12.2. The van der Waals surface area contributed by atoms with Crippen molar-refractivity contribution in [2.45, 2.75) is 13.1 Å². The number of nitro groups is 1. The number of hydrogen-bond donors (Lipinski definition) is 1. The van der Waals surface area contributed by atoms with Crippen LogP contribution in [0.25, 0.3) is 0 Å². The molecule has 0 aliphatic carbocycles. The van der Waals surface area contributed by atoms with E-state index >= 15 is 0 Å². The summed E-state index contributed by atoms with van der Waals surface area (Å²) >= 11 is 0. The number of nitrogens with one attached hydrogen (secondary N) is 1. The predicted molar refractivity (Wildman–Crippen MR) is 56.2 cm³/mol. The summed E-state index contributed by atoms with van der Waals surface area (Å²) in [6.07, 6.45) is -4.49.